The lowest BCUT2D eigenvalue weighted by molar-refractivity contribution is 0.584. The summed E-state index contributed by atoms with van der Waals surface area (Å²) in [6.45, 7) is 4.50. The number of fused-ring (bicyclic) bond motifs is 1. The van der Waals surface area contributed by atoms with Crippen molar-refractivity contribution < 1.29 is 8.42 Å². The van der Waals surface area contributed by atoms with Crippen LogP contribution in [0.25, 0.3) is 16.6 Å². The second-order valence-electron chi connectivity index (χ2n) is 6.85. The van der Waals surface area contributed by atoms with Gasteiger partial charge in [-0.3, -0.25) is 4.57 Å². The molecule has 0 aliphatic rings. The van der Waals surface area contributed by atoms with Gasteiger partial charge in [0.05, 0.1) is 10.6 Å². The Bertz CT molecular complexity index is 1290. The Labute approximate surface area is 175 Å². The minimum atomic E-state index is -3.63. The van der Waals surface area contributed by atoms with E-state index in [1.54, 1.807) is 24.5 Å². The standard InChI is InChI=1S/C21H22N6O2S/c1-15-16(2)27(14-25-15)21-12-20(23-13-24-21)22-10-11-26-30(28,29)19-9-5-7-17-6-3-4-8-18(17)19/h3-9,12-14,26H,10-11H2,1-2H3,(H,22,23,24). The van der Waals surface area contributed by atoms with Crippen molar-refractivity contribution in [1.82, 2.24) is 24.2 Å². The highest BCUT2D eigenvalue weighted by atomic mass is 32.2. The van der Waals surface area contributed by atoms with E-state index < -0.39 is 10.0 Å². The molecule has 0 radical (unpaired) electrons. The van der Waals surface area contributed by atoms with Crippen molar-refractivity contribution in [3.8, 4) is 5.82 Å². The lowest BCUT2D eigenvalue weighted by Crippen LogP contribution is -2.29. The molecule has 154 valence electrons. The van der Waals surface area contributed by atoms with E-state index in [9.17, 15) is 8.42 Å². The van der Waals surface area contributed by atoms with Crippen LogP contribution in [0.2, 0.25) is 0 Å². The number of aryl methyl sites for hydroxylation is 1. The van der Waals surface area contributed by atoms with Crippen molar-refractivity contribution in [2.24, 2.45) is 0 Å². The van der Waals surface area contributed by atoms with E-state index in [1.165, 1.54) is 6.33 Å². The fraction of sp³-hybridized carbons (Fsp3) is 0.190. The molecule has 0 atom stereocenters. The minimum Gasteiger partial charge on any atom is -0.369 e. The van der Waals surface area contributed by atoms with Crippen LogP contribution >= 0.6 is 0 Å². The first-order valence-corrected chi connectivity index (χ1v) is 11.0. The molecule has 0 aliphatic heterocycles. The molecule has 0 unspecified atom stereocenters. The second kappa shape index (κ2) is 8.21. The van der Waals surface area contributed by atoms with Crippen LogP contribution in [-0.2, 0) is 10.0 Å². The average Bonchev–Trinajstić information content (AvgIpc) is 3.09. The van der Waals surface area contributed by atoms with Gasteiger partial charge in [-0.1, -0.05) is 36.4 Å². The smallest absolute Gasteiger partial charge is 0.241 e. The van der Waals surface area contributed by atoms with Crippen molar-refractivity contribution >= 4 is 26.6 Å². The molecular weight excluding hydrogens is 400 g/mol. The van der Waals surface area contributed by atoms with Crippen molar-refractivity contribution in [2.75, 3.05) is 18.4 Å². The van der Waals surface area contributed by atoms with Crippen molar-refractivity contribution in [3.05, 3.63) is 72.6 Å². The third-order valence-corrected chi connectivity index (χ3v) is 6.43. The predicted octanol–water partition coefficient (Wildman–Crippen LogP) is 2.82. The Hall–Kier alpha value is -3.30. The van der Waals surface area contributed by atoms with Crippen LogP contribution < -0.4 is 10.0 Å². The van der Waals surface area contributed by atoms with Crippen LogP contribution in [0.5, 0.6) is 0 Å². The molecule has 9 heteroatoms. The minimum absolute atomic E-state index is 0.216. The van der Waals surface area contributed by atoms with Gasteiger partial charge in [0, 0.05) is 30.2 Å². The number of rotatable bonds is 7. The maximum Gasteiger partial charge on any atom is 0.241 e. The highest BCUT2D eigenvalue weighted by Gasteiger charge is 2.16. The van der Waals surface area contributed by atoms with Crippen LogP contribution in [-0.4, -0.2) is 41.0 Å². The highest BCUT2D eigenvalue weighted by Crippen LogP contribution is 2.22. The molecule has 0 bridgehead atoms. The molecule has 0 spiro atoms. The summed E-state index contributed by atoms with van der Waals surface area (Å²) >= 11 is 0. The van der Waals surface area contributed by atoms with Crippen LogP contribution in [0.1, 0.15) is 11.4 Å². The lowest BCUT2D eigenvalue weighted by Gasteiger charge is -2.11. The number of hydrogen-bond acceptors (Lipinski definition) is 6. The number of hydrogen-bond donors (Lipinski definition) is 2. The molecule has 30 heavy (non-hydrogen) atoms. The van der Waals surface area contributed by atoms with Crippen molar-refractivity contribution in [3.63, 3.8) is 0 Å². The number of sulfonamides is 1. The van der Waals surface area contributed by atoms with Crippen LogP contribution in [0.15, 0.2) is 66.1 Å². The Morgan fingerprint density at radius 1 is 0.967 bits per heavy atom. The van der Waals surface area contributed by atoms with Crippen LogP contribution in [0.4, 0.5) is 5.82 Å². The molecule has 0 saturated heterocycles. The monoisotopic (exact) mass is 422 g/mol. The third kappa shape index (κ3) is 4.03. The first kappa shape index (κ1) is 20.0. The quantitative estimate of drug-likeness (QED) is 0.444. The summed E-state index contributed by atoms with van der Waals surface area (Å²) in [5.41, 5.74) is 1.94. The van der Waals surface area contributed by atoms with Gasteiger partial charge in [0.2, 0.25) is 10.0 Å². The highest BCUT2D eigenvalue weighted by molar-refractivity contribution is 7.89. The Balaban J connectivity index is 1.41. The van der Waals surface area contributed by atoms with Crippen LogP contribution in [0.3, 0.4) is 0 Å². The number of imidazole rings is 1. The summed E-state index contributed by atoms with van der Waals surface area (Å²) in [4.78, 5) is 13.0. The van der Waals surface area contributed by atoms with E-state index >= 15 is 0 Å². The van der Waals surface area contributed by atoms with E-state index in [0.717, 1.165) is 16.8 Å². The van der Waals surface area contributed by atoms with E-state index in [1.807, 2.05) is 48.7 Å². The summed E-state index contributed by atoms with van der Waals surface area (Å²) in [6, 6.07) is 14.5. The molecule has 4 rings (SSSR count). The molecular formula is C21H22N6O2S. The average molecular weight is 423 g/mol. The summed E-state index contributed by atoms with van der Waals surface area (Å²) in [6.07, 6.45) is 3.18. The normalized spacial score (nSPS) is 11.7. The largest absolute Gasteiger partial charge is 0.369 e. The molecule has 0 fully saturated rings. The second-order valence-corrected chi connectivity index (χ2v) is 8.58. The molecule has 4 aromatic rings. The zero-order valence-electron chi connectivity index (χ0n) is 16.7. The van der Waals surface area contributed by atoms with Gasteiger partial charge >= 0.3 is 0 Å². The van der Waals surface area contributed by atoms with Gasteiger partial charge in [-0.15, -0.1) is 0 Å². The van der Waals surface area contributed by atoms with Crippen molar-refractivity contribution in [2.45, 2.75) is 18.7 Å². The molecule has 2 aromatic heterocycles. The Kier molecular flexibility index (Phi) is 5.47. The Morgan fingerprint density at radius 2 is 1.77 bits per heavy atom. The first-order valence-electron chi connectivity index (χ1n) is 9.50. The molecule has 0 amide bonds. The maximum atomic E-state index is 12.8. The number of aromatic nitrogens is 4. The topological polar surface area (TPSA) is 102 Å². The van der Waals surface area contributed by atoms with Gasteiger partial charge in [-0.25, -0.2) is 28.1 Å². The van der Waals surface area contributed by atoms with E-state index in [-0.39, 0.29) is 11.4 Å². The molecule has 8 nitrogen and oxygen atoms in total. The van der Waals surface area contributed by atoms with Gasteiger partial charge in [-0.05, 0) is 25.3 Å². The number of anilines is 1. The van der Waals surface area contributed by atoms with E-state index in [0.29, 0.717) is 23.6 Å². The summed E-state index contributed by atoms with van der Waals surface area (Å²) < 4.78 is 30.1. The number of benzene rings is 2. The van der Waals surface area contributed by atoms with Crippen LogP contribution in [0, 0.1) is 13.8 Å². The molecule has 0 saturated carbocycles. The van der Waals surface area contributed by atoms with Gasteiger partial charge in [0.1, 0.15) is 24.3 Å². The number of nitrogens with one attached hydrogen (secondary N) is 2. The molecule has 2 aromatic carbocycles. The fourth-order valence-corrected chi connectivity index (χ4v) is 4.45. The van der Waals surface area contributed by atoms with Gasteiger partial charge in [-0.2, -0.15) is 0 Å². The number of nitrogens with zero attached hydrogens (tertiary/aromatic N) is 4. The third-order valence-electron chi connectivity index (χ3n) is 4.91. The SMILES string of the molecule is Cc1ncn(-c2cc(NCCNS(=O)(=O)c3cccc4ccccc34)ncn2)c1C. The Morgan fingerprint density at radius 3 is 2.57 bits per heavy atom. The maximum absolute atomic E-state index is 12.8. The van der Waals surface area contributed by atoms with Gasteiger partial charge in [0.25, 0.3) is 0 Å². The van der Waals surface area contributed by atoms with Crippen molar-refractivity contribution in [1.29, 1.82) is 0 Å². The summed E-state index contributed by atoms with van der Waals surface area (Å²) in [5.74, 6) is 1.30. The predicted molar refractivity (Wildman–Crippen MR) is 116 cm³/mol. The molecule has 0 aliphatic carbocycles. The molecule has 2 heterocycles. The summed E-state index contributed by atoms with van der Waals surface area (Å²) in [5, 5.41) is 4.72. The lowest BCUT2D eigenvalue weighted by atomic mass is 10.1. The zero-order chi connectivity index (χ0) is 21.1. The van der Waals surface area contributed by atoms with E-state index in [2.05, 4.69) is 25.0 Å². The first-order chi connectivity index (χ1) is 14.5. The summed E-state index contributed by atoms with van der Waals surface area (Å²) in [7, 11) is -3.63. The fourth-order valence-electron chi connectivity index (χ4n) is 3.19. The van der Waals surface area contributed by atoms with E-state index in [4.69, 9.17) is 0 Å². The molecule has 2 N–H and O–H groups in total. The van der Waals surface area contributed by atoms with Gasteiger partial charge < -0.3 is 5.32 Å². The zero-order valence-corrected chi connectivity index (χ0v) is 17.5. The van der Waals surface area contributed by atoms with Gasteiger partial charge in [0.15, 0.2) is 0 Å².